The van der Waals surface area contributed by atoms with Gasteiger partial charge in [-0.1, -0.05) is 0 Å². The zero-order chi connectivity index (χ0) is 10.9. The molecule has 0 spiro atoms. The maximum absolute atomic E-state index is 11.0. The Balaban J connectivity index is 2.71. The highest BCUT2D eigenvalue weighted by atomic mass is 16.6. The Kier molecular flexibility index (Phi) is 3.17. The van der Waals surface area contributed by atoms with E-state index < -0.39 is 42.8 Å². The molecular formula is C7H10O7. The van der Waals surface area contributed by atoms with E-state index in [4.69, 9.17) is 15.3 Å². The second-order valence-corrected chi connectivity index (χ2v) is 2.90. The van der Waals surface area contributed by atoms with Crippen LogP contribution in [0.25, 0.3) is 0 Å². The smallest absolute Gasteiger partial charge is 0.343 e. The monoisotopic (exact) mass is 206 g/mol. The Labute approximate surface area is 78.5 Å². The number of ether oxygens (including phenoxy) is 1. The molecule has 7 nitrogen and oxygen atoms in total. The number of carbonyl (C=O) groups excluding carboxylic acids is 2. The van der Waals surface area contributed by atoms with Crippen LogP contribution in [-0.2, 0) is 14.3 Å². The predicted octanol–water partition coefficient (Wildman–Crippen LogP) is -3.44. The first-order chi connectivity index (χ1) is 6.49. The summed E-state index contributed by atoms with van der Waals surface area (Å²) < 4.78 is 4.31. The summed E-state index contributed by atoms with van der Waals surface area (Å²) in [4.78, 5) is 21.7. The first kappa shape index (κ1) is 11.1. The molecule has 1 rings (SSSR count). The van der Waals surface area contributed by atoms with Crippen LogP contribution in [0.1, 0.15) is 0 Å². The summed E-state index contributed by atoms with van der Waals surface area (Å²) in [5.41, 5.74) is 0. The molecule has 0 aromatic rings. The summed E-state index contributed by atoms with van der Waals surface area (Å²) in [7, 11) is 0. The number of rotatable bonds is 3. The molecule has 0 radical (unpaired) electrons. The van der Waals surface area contributed by atoms with Crippen LogP contribution in [0.5, 0.6) is 0 Å². The summed E-state index contributed by atoms with van der Waals surface area (Å²) in [6.07, 6.45) is -6.85. The van der Waals surface area contributed by atoms with Gasteiger partial charge in [0.2, 0.25) is 11.9 Å². The van der Waals surface area contributed by atoms with Crippen LogP contribution in [0, 0.1) is 0 Å². The van der Waals surface area contributed by atoms with Crippen molar-refractivity contribution >= 4 is 11.8 Å². The van der Waals surface area contributed by atoms with Crippen LogP contribution >= 0.6 is 0 Å². The van der Waals surface area contributed by atoms with E-state index in [0.717, 1.165) is 0 Å². The van der Waals surface area contributed by atoms with Gasteiger partial charge in [-0.2, -0.15) is 0 Å². The minimum Gasteiger partial charge on any atom is -0.449 e. The third-order valence-electron chi connectivity index (χ3n) is 1.91. The number of cyclic esters (lactones) is 1. The van der Waals surface area contributed by atoms with Gasteiger partial charge in [0.05, 0.1) is 6.61 Å². The molecule has 1 aliphatic heterocycles. The maximum atomic E-state index is 11.0. The van der Waals surface area contributed by atoms with Crippen molar-refractivity contribution in [1.82, 2.24) is 0 Å². The summed E-state index contributed by atoms with van der Waals surface area (Å²) in [6, 6.07) is 0. The summed E-state index contributed by atoms with van der Waals surface area (Å²) in [5, 5.41) is 35.5. The molecule has 0 aliphatic carbocycles. The number of Topliss-reactive ketones (excluding diaryl/α,β-unsaturated/α-hetero) is 1. The molecule has 1 fully saturated rings. The minimum absolute atomic E-state index is 0.779. The molecule has 14 heavy (non-hydrogen) atoms. The summed E-state index contributed by atoms with van der Waals surface area (Å²) in [6.45, 7) is -0.779. The molecule has 1 aliphatic rings. The fourth-order valence-corrected chi connectivity index (χ4v) is 1.07. The van der Waals surface area contributed by atoms with Crippen LogP contribution in [0.2, 0.25) is 0 Å². The highest BCUT2D eigenvalue weighted by Crippen LogP contribution is 2.16. The van der Waals surface area contributed by atoms with Gasteiger partial charge in [-0.25, -0.2) is 4.79 Å². The van der Waals surface area contributed by atoms with Gasteiger partial charge in [-0.3, -0.25) is 4.79 Å². The largest absolute Gasteiger partial charge is 0.449 e. The normalized spacial score (nSPS) is 31.4. The Morgan fingerprint density at radius 1 is 1.36 bits per heavy atom. The Morgan fingerprint density at radius 3 is 2.29 bits per heavy atom. The standard InChI is InChI=1S/C7H10O7/c8-1-2(9)3(10)6-4(11)5(12)7(13)14-6/h2-3,5-6,8-10,12H,1H2. The van der Waals surface area contributed by atoms with Crippen molar-refractivity contribution in [2.24, 2.45) is 0 Å². The zero-order valence-corrected chi connectivity index (χ0v) is 7.03. The van der Waals surface area contributed by atoms with E-state index in [1.807, 2.05) is 0 Å². The Morgan fingerprint density at radius 2 is 1.93 bits per heavy atom. The van der Waals surface area contributed by atoms with Gasteiger partial charge in [-0.05, 0) is 0 Å². The van der Waals surface area contributed by atoms with Gasteiger partial charge in [0, 0.05) is 0 Å². The lowest BCUT2D eigenvalue weighted by Gasteiger charge is -2.19. The van der Waals surface area contributed by atoms with E-state index in [0.29, 0.717) is 0 Å². The van der Waals surface area contributed by atoms with E-state index in [1.165, 1.54) is 0 Å². The van der Waals surface area contributed by atoms with Gasteiger partial charge >= 0.3 is 5.97 Å². The van der Waals surface area contributed by atoms with Crippen LogP contribution in [0.3, 0.4) is 0 Å². The molecule has 0 aromatic carbocycles. The van der Waals surface area contributed by atoms with Gasteiger partial charge in [0.25, 0.3) is 0 Å². The third-order valence-corrected chi connectivity index (χ3v) is 1.91. The number of aliphatic hydroxyl groups is 4. The minimum atomic E-state index is -1.92. The topological polar surface area (TPSA) is 124 Å². The quantitative estimate of drug-likeness (QED) is 0.279. The second-order valence-electron chi connectivity index (χ2n) is 2.90. The number of carbonyl (C=O) groups is 2. The van der Waals surface area contributed by atoms with Gasteiger partial charge < -0.3 is 25.2 Å². The van der Waals surface area contributed by atoms with Gasteiger partial charge in [0.1, 0.15) is 12.2 Å². The molecule has 0 amide bonds. The predicted molar refractivity (Wildman–Crippen MR) is 40.0 cm³/mol. The van der Waals surface area contributed by atoms with Crippen molar-refractivity contribution < 1.29 is 34.8 Å². The van der Waals surface area contributed by atoms with Crippen molar-refractivity contribution in [3.8, 4) is 0 Å². The number of hydrogen-bond acceptors (Lipinski definition) is 7. The molecule has 0 saturated carbocycles. The van der Waals surface area contributed by atoms with Crippen molar-refractivity contribution in [3.63, 3.8) is 0 Å². The fourth-order valence-electron chi connectivity index (χ4n) is 1.07. The number of hydrogen-bond donors (Lipinski definition) is 4. The lowest BCUT2D eigenvalue weighted by molar-refractivity contribution is -0.155. The molecule has 1 saturated heterocycles. The molecule has 0 bridgehead atoms. The Bertz CT molecular complexity index is 250. The van der Waals surface area contributed by atoms with Gasteiger partial charge in [-0.15, -0.1) is 0 Å². The van der Waals surface area contributed by atoms with E-state index in [2.05, 4.69) is 4.74 Å². The molecule has 4 atom stereocenters. The van der Waals surface area contributed by atoms with Crippen LogP contribution in [0.15, 0.2) is 0 Å². The highest BCUT2D eigenvalue weighted by molar-refractivity contribution is 6.09. The summed E-state index contributed by atoms with van der Waals surface area (Å²) >= 11 is 0. The van der Waals surface area contributed by atoms with E-state index >= 15 is 0 Å². The third kappa shape index (κ3) is 1.75. The van der Waals surface area contributed by atoms with E-state index in [9.17, 15) is 14.7 Å². The first-order valence-electron chi connectivity index (χ1n) is 3.88. The number of esters is 1. The zero-order valence-electron chi connectivity index (χ0n) is 7.03. The van der Waals surface area contributed by atoms with Crippen molar-refractivity contribution in [1.29, 1.82) is 0 Å². The maximum Gasteiger partial charge on any atom is 0.343 e. The van der Waals surface area contributed by atoms with Crippen LogP contribution in [-0.4, -0.2) is 63.2 Å². The molecular weight excluding hydrogens is 196 g/mol. The first-order valence-corrected chi connectivity index (χ1v) is 3.88. The Hall–Kier alpha value is -1.02. The van der Waals surface area contributed by atoms with Gasteiger partial charge in [0.15, 0.2) is 6.10 Å². The summed E-state index contributed by atoms with van der Waals surface area (Å²) in [5.74, 6) is -2.18. The molecule has 0 aromatic heterocycles. The average Bonchev–Trinajstić information content (AvgIpc) is 2.43. The molecule has 1 heterocycles. The number of aliphatic hydroxyl groups excluding tert-OH is 4. The average molecular weight is 206 g/mol. The molecule has 80 valence electrons. The lowest BCUT2D eigenvalue weighted by Crippen LogP contribution is -2.43. The van der Waals surface area contributed by atoms with E-state index in [-0.39, 0.29) is 0 Å². The van der Waals surface area contributed by atoms with Crippen LogP contribution in [0.4, 0.5) is 0 Å². The van der Waals surface area contributed by atoms with E-state index in [1.54, 1.807) is 0 Å². The molecule has 4 N–H and O–H groups in total. The van der Waals surface area contributed by atoms with Crippen molar-refractivity contribution in [2.75, 3.05) is 6.61 Å². The SMILES string of the molecule is O=C1OC(C(O)C(O)CO)C(=O)C1O. The van der Waals surface area contributed by atoms with Crippen molar-refractivity contribution in [2.45, 2.75) is 24.4 Å². The van der Waals surface area contributed by atoms with Crippen molar-refractivity contribution in [3.05, 3.63) is 0 Å². The molecule has 7 heteroatoms. The molecule has 4 unspecified atom stereocenters. The fraction of sp³-hybridized carbons (Fsp3) is 0.714. The lowest BCUT2D eigenvalue weighted by atomic mass is 10.0. The van der Waals surface area contributed by atoms with Crippen LogP contribution < -0.4 is 0 Å². The number of ketones is 1. The second kappa shape index (κ2) is 4.01. The highest BCUT2D eigenvalue weighted by Gasteiger charge is 2.47.